The predicted molar refractivity (Wildman–Crippen MR) is 21.3 cm³/mol. The molecule has 0 N–H and O–H groups in total. The molecular weight excluding hydrogens is 94.0 g/mol. The molecule has 1 aliphatic heterocycles. The smallest absolute Gasteiger partial charge is 0.170 e. The Bertz CT molecular complexity index is 90.4. The SMILES string of the molecule is N#C[C@H]1COCO1. The molecule has 0 aromatic carbocycles. The van der Waals surface area contributed by atoms with E-state index in [4.69, 9.17) is 14.7 Å². The molecule has 3 heteroatoms. The molecule has 1 heterocycles. The van der Waals surface area contributed by atoms with Gasteiger partial charge < -0.3 is 9.47 Å². The van der Waals surface area contributed by atoms with Crippen LogP contribution < -0.4 is 0 Å². The minimum Gasteiger partial charge on any atom is -0.352 e. The molecule has 0 bridgehead atoms. The van der Waals surface area contributed by atoms with Crippen LogP contribution in [0.15, 0.2) is 0 Å². The van der Waals surface area contributed by atoms with Gasteiger partial charge in [-0.05, 0) is 0 Å². The van der Waals surface area contributed by atoms with E-state index in [0.717, 1.165) is 0 Å². The molecule has 0 unspecified atom stereocenters. The molecule has 1 fully saturated rings. The van der Waals surface area contributed by atoms with Crippen LogP contribution in [0.3, 0.4) is 0 Å². The molecule has 0 aromatic rings. The third-order valence-electron chi connectivity index (χ3n) is 0.766. The van der Waals surface area contributed by atoms with Gasteiger partial charge in [-0.15, -0.1) is 0 Å². The van der Waals surface area contributed by atoms with Crippen molar-refractivity contribution in [3.63, 3.8) is 0 Å². The number of nitriles is 1. The van der Waals surface area contributed by atoms with E-state index in [1.807, 2.05) is 6.07 Å². The van der Waals surface area contributed by atoms with Gasteiger partial charge in [-0.3, -0.25) is 0 Å². The highest BCUT2D eigenvalue weighted by Crippen LogP contribution is 1.99. The quantitative estimate of drug-likeness (QED) is 0.425. The first-order valence-electron chi connectivity index (χ1n) is 2.02. The zero-order valence-electron chi connectivity index (χ0n) is 3.76. The van der Waals surface area contributed by atoms with Crippen molar-refractivity contribution in [1.82, 2.24) is 0 Å². The van der Waals surface area contributed by atoms with Crippen molar-refractivity contribution in [3.8, 4) is 6.07 Å². The van der Waals surface area contributed by atoms with Gasteiger partial charge >= 0.3 is 0 Å². The van der Waals surface area contributed by atoms with Gasteiger partial charge in [-0.2, -0.15) is 5.26 Å². The van der Waals surface area contributed by atoms with E-state index in [9.17, 15) is 0 Å². The van der Waals surface area contributed by atoms with Crippen molar-refractivity contribution in [2.24, 2.45) is 0 Å². The summed E-state index contributed by atoms with van der Waals surface area (Å²) in [5, 5.41) is 8.11. The van der Waals surface area contributed by atoms with E-state index in [1.165, 1.54) is 0 Å². The molecule has 3 nitrogen and oxygen atoms in total. The minimum absolute atomic E-state index is 0.276. The molecule has 0 saturated carbocycles. The van der Waals surface area contributed by atoms with Crippen molar-refractivity contribution in [3.05, 3.63) is 0 Å². The van der Waals surface area contributed by atoms with Gasteiger partial charge in [-0.1, -0.05) is 0 Å². The second kappa shape index (κ2) is 1.92. The van der Waals surface area contributed by atoms with Crippen LogP contribution in [-0.2, 0) is 9.47 Å². The molecule has 0 spiro atoms. The van der Waals surface area contributed by atoms with Crippen LogP contribution in [0.5, 0.6) is 0 Å². The van der Waals surface area contributed by atoms with E-state index in [2.05, 4.69) is 0 Å². The molecule has 1 saturated heterocycles. The first kappa shape index (κ1) is 4.57. The van der Waals surface area contributed by atoms with E-state index in [1.54, 1.807) is 0 Å². The molecule has 0 amide bonds. The van der Waals surface area contributed by atoms with Crippen LogP contribution in [0, 0.1) is 11.3 Å². The van der Waals surface area contributed by atoms with E-state index in [0.29, 0.717) is 6.61 Å². The van der Waals surface area contributed by atoms with Gasteiger partial charge in [0.25, 0.3) is 0 Å². The molecule has 7 heavy (non-hydrogen) atoms. The van der Waals surface area contributed by atoms with Crippen LogP contribution in [0.25, 0.3) is 0 Å². The lowest BCUT2D eigenvalue weighted by atomic mass is 10.4. The summed E-state index contributed by atoms with van der Waals surface area (Å²) in [6, 6.07) is 1.92. The fourth-order valence-corrected chi connectivity index (χ4v) is 0.408. The normalized spacial score (nSPS) is 29.9. The van der Waals surface area contributed by atoms with Crippen molar-refractivity contribution >= 4 is 0 Å². The summed E-state index contributed by atoms with van der Waals surface area (Å²) in [4.78, 5) is 0. The number of ether oxygens (including phenoxy) is 2. The summed E-state index contributed by atoms with van der Waals surface area (Å²) in [5.41, 5.74) is 0. The Balaban J connectivity index is 2.31. The molecule has 38 valence electrons. The van der Waals surface area contributed by atoms with Crippen LogP contribution in [0.1, 0.15) is 0 Å². The second-order valence-electron chi connectivity index (χ2n) is 1.27. The Morgan fingerprint density at radius 1 is 1.71 bits per heavy atom. The lowest BCUT2D eigenvalue weighted by Crippen LogP contribution is -2.03. The maximum atomic E-state index is 8.11. The first-order chi connectivity index (χ1) is 3.43. The maximum Gasteiger partial charge on any atom is 0.170 e. The molecule has 1 aliphatic rings. The van der Waals surface area contributed by atoms with E-state index < -0.39 is 0 Å². The van der Waals surface area contributed by atoms with Crippen molar-refractivity contribution < 1.29 is 9.47 Å². The largest absolute Gasteiger partial charge is 0.352 e. The summed E-state index contributed by atoms with van der Waals surface area (Å²) >= 11 is 0. The number of hydrogen-bond donors (Lipinski definition) is 0. The summed E-state index contributed by atoms with van der Waals surface area (Å²) in [7, 11) is 0. The Labute approximate surface area is 41.4 Å². The van der Waals surface area contributed by atoms with Gasteiger partial charge in [0.2, 0.25) is 0 Å². The summed E-state index contributed by atoms with van der Waals surface area (Å²) in [6.45, 7) is 0.703. The molecule has 0 radical (unpaired) electrons. The van der Waals surface area contributed by atoms with E-state index in [-0.39, 0.29) is 12.9 Å². The Morgan fingerprint density at radius 3 is 2.86 bits per heavy atom. The van der Waals surface area contributed by atoms with Gasteiger partial charge in [0.15, 0.2) is 6.10 Å². The van der Waals surface area contributed by atoms with Gasteiger partial charge in [0.1, 0.15) is 6.79 Å². The standard InChI is InChI=1S/C4H5NO2/c5-1-4-2-6-3-7-4/h4H,2-3H2/t4-/m0/s1. The summed E-state index contributed by atoms with van der Waals surface area (Å²) in [6.07, 6.45) is -0.319. The average Bonchev–Trinajstić information content (AvgIpc) is 2.14. The fraction of sp³-hybridized carbons (Fsp3) is 0.750. The van der Waals surface area contributed by atoms with Crippen molar-refractivity contribution in [2.75, 3.05) is 13.4 Å². The summed E-state index contributed by atoms with van der Waals surface area (Å²) in [5.74, 6) is 0. The van der Waals surface area contributed by atoms with Crippen molar-refractivity contribution in [2.45, 2.75) is 6.10 Å². The summed E-state index contributed by atoms with van der Waals surface area (Å²) < 4.78 is 9.42. The zero-order valence-corrected chi connectivity index (χ0v) is 3.76. The maximum absolute atomic E-state index is 8.11. The Hall–Kier alpha value is -0.590. The monoisotopic (exact) mass is 99.0 g/mol. The lowest BCUT2D eigenvalue weighted by molar-refractivity contribution is 0.0585. The number of nitrogens with zero attached hydrogens (tertiary/aromatic N) is 1. The average molecular weight is 99.1 g/mol. The predicted octanol–water partition coefficient (Wildman–Crippen LogP) is -0.117. The van der Waals surface area contributed by atoms with Crippen LogP contribution in [-0.4, -0.2) is 19.5 Å². The van der Waals surface area contributed by atoms with Gasteiger partial charge in [0, 0.05) is 0 Å². The molecule has 0 aliphatic carbocycles. The Morgan fingerprint density at radius 2 is 2.57 bits per heavy atom. The third-order valence-corrected chi connectivity index (χ3v) is 0.766. The Kier molecular flexibility index (Phi) is 1.25. The third kappa shape index (κ3) is 0.889. The fourth-order valence-electron chi connectivity index (χ4n) is 0.408. The minimum atomic E-state index is -0.319. The topological polar surface area (TPSA) is 42.2 Å². The molecule has 0 aromatic heterocycles. The highest BCUT2D eigenvalue weighted by Gasteiger charge is 2.13. The second-order valence-corrected chi connectivity index (χ2v) is 1.27. The van der Waals surface area contributed by atoms with E-state index >= 15 is 0 Å². The van der Waals surface area contributed by atoms with Crippen LogP contribution >= 0.6 is 0 Å². The van der Waals surface area contributed by atoms with Crippen LogP contribution in [0.4, 0.5) is 0 Å². The highest BCUT2D eigenvalue weighted by molar-refractivity contribution is 4.84. The first-order valence-corrected chi connectivity index (χ1v) is 2.02. The molecule has 1 rings (SSSR count). The van der Waals surface area contributed by atoms with Gasteiger partial charge in [0.05, 0.1) is 12.7 Å². The molecule has 1 atom stereocenters. The number of rotatable bonds is 0. The lowest BCUT2D eigenvalue weighted by Gasteiger charge is -1.87. The highest BCUT2D eigenvalue weighted by atomic mass is 16.7. The van der Waals surface area contributed by atoms with Crippen LogP contribution in [0.2, 0.25) is 0 Å². The zero-order chi connectivity index (χ0) is 5.11. The molecular formula is C4H5NO2. The number of hydrogen-bond acceptors (Lipinski definition) is 3. The van der Waals surface area contributed by atoms with Crippen molar-refractivity contribution in [1.29, 1.82) is 5.26 Å². The van der Waals surface area contributed by atoms with Gasteiger partial charge in [-0.25, -0.2) is 0 Å².